The molecule has 0 radical (unpaired) electrons. The van der Waals surface area contributed by atoms with E-state index in [0.717, 1.165) is 30.6 Å². The van der Waals surface area contributed by atoms with Gasteiger partial charge in [0.15, 0.2) is 11.5 Å². The van der Waals surface area contributed by atoms with Gasteiger partial charge in [0, 0.05) is 16.7 Å². The number of hydrogen-bond acceptors (Lipinski definition) is 3. The Kier molecular flexibility index (Phi) is 6.30. The van der Waals surface area contributed by atoms with Gasteiger partial charge in [-0.2, -0.15) is 0 Å². The molecule has 0 saturated heterocycles. The molecule has 0 unspecified atom stereocenters. The zero-order valence-corrected chi connectivity index (χ0v) is 12.1. The molecule has 1 rings (SSSR count). The lowest BCUT2D eigenvalue weighted by Gasteiger charge is -2.21. The molecule has 0 heterocycles. The Morgan fingerprint density at radius 3 is 2.44 bits per heavy atom. The van der Waals surface area contributed by atoms with E-state index in [1.165, 1.54) is 0 Å². The zero-order valence-electron chi connectivity index (χ0n) is 11.3. The van der Waals surface area contributed by atoms with Crippen LogP contribution in [0.1, 0.15) is 32.3 Å². The molecule has 18 heavy (non-hydrogen) atoms. The van der Waals surface area contributed by atoms with E-state index in [-0.39, 0.29) is 6.10 Å². The van der Waals surface area contributed by atoms with Gasteiger partial charge in [-0.1, -0.05) is 25.4 Å². The summed E-state index contributed by atoms with van der Waals surface area (Å²) in [5.41, 5.74) is 6.64. The summed E-state index contributed by atoms with van der Waals surface area (Å²) in [6.45, 7) is 4.78. The molecule has 0 saturated carbocycles. The van der Waals surface area contributed by atoms with Gasteiger partial charge in [0.25, 0.3) is 0 Å². The Hall–Kier alpha value is -0.930. The van der Waals surface area contributed by atoms with E-state index in [4.69, 9.17) is 26.8 Å². The quantitative estimate of drug-likeness (QED) is 0.826. The van der Waals surface area contributed by atoms with Crippen LogP contribution in [-0.2, 0) is 6.42 Å². The van der Waals surface area contributed by atoms with Crippen molar-refractivity contribution in [2.75, 3.05) is 13.7 Å². The molecule has 0 atom stereocenters. The van der Waals surface area contributed by atoms with E-state index in [9.17, 15) is 0 Å². The summed E-state index contributed by atoms with van der Waals surface area (Å²) in [5, 5.41) is 0.646. The van der Waals surface area contributed by atoms with Crippen molar-refractivity contribution in [2.24, 2.45) is 5.73 Å². The van der Waals surface area contributed by atoms with Crippen molar-refractivity contribution >= 4 is 11.6 Å². The first-order valence-corrected chi connectivity index (χ1v) is 6.77. The highest BCUT2D eigenvalue weighted by Crippen LogP contribution is 2.36. The van der Waals surface area contributed by atoms with Crippen LogP contribution in [0.25, 0.3) is 0 Å². The third-order valence-electron chi connectivity index (χ3n) is 2.93. The van der Waals surface area contributed by atoms with Crippen molar-refractivity contribution in [3.63, 3.8) is 0 Å². The fraction of sp³-hybridized carbons (Fsp3) is 0.571. The molecule has 0 aliphatic rings. The lowest BCUT2D eigenvalue weighted by Crippen LogP contribution is -2.16. The van der Waals surface area contributed by atoms with Crippen molar-refractivity contribution in [3.05, 3.63) is 22.7 Å². The maximum absolute atomic E-state index is 6.06. The van der Waals surface area contributed by atoms with E-state index in [1.807, 2.05) is 6.07 Å². The normalized spacial score (nSPS) is 10.8. The van der Waals surface area contributed by atoms with Crippen molar-refractivity contribution in [1.82, 2.24) is 0 Å². The highest BCUT2D eigenvalue weighted by atomic mass is 35.5. The van der Waals surface area contributed by atoms with Gasteiger partial charge in [-0.15, -0.1) is 0 Å². The molecular formula is C14H22ClNO2. The lowest BCUT2D eigenvalue weighted by molar-refractivity contribution is 0.183. The van der Waals surface area contributed by atoms with Gasteiger partial charge >= 0.3 is 0 Å². The molecular weight excluding hydrogens is 250 g/mol. The van der Waals surface area contributed by atoms with Crippen LogP contribution in [-0.4, -0.2) is 19.8 Å². The van der Waals surface area contributed by atoms with Crippen LogP contribution in [0.3, 0.4) is 0 Å². The van der Waals surface area contributed by atoms with Crippen LogP contribution < -0.4 is 15.2 Å². The standard InChI is InChI=1S/C14H22ClNO2/c1-4-12(5-2)18-14-10(6-7-16)8-11(15)9-13(14)17-3/h8-9,12H,4-7,16H2,1-3H3. The number of ether oxygens (including phenoxy) is 2. The second-order valence-corrected chi connectivity index (χ2v) is 4.63. The molecule has 0 fully saturated rings. The summed E-state index contributed by atoms with van der Waals surface area (Å²) in [5.74, 6) is 1.46. The molecule has 4 heteroatoms. The Balaban J connectivity index is 3.11. The summed E-state index contributed by atoms with van der Waals surface area (Å²) in [7, 11) is 1.62. The zero-order chi connectivity index (χ0) is 13.5. The number of rotatable bonds is 7. The smallest absolute Gasteiger partial charge is 0.164 e. The van der Waals surface area contributed by atoms with E-state index in [1.54, 1.807) is 13.2 Å². The summed E-state index contributed by atoms with van der Waals surface area (Å²) in [6.07, 6.45) is 2.85. The van der Waals surface area contributed by atoms with Crippen LogP contribution in [0.15, 0.2) is 12.1 Å². The first-order chi connectivity index (χ1) is 8.65. The molecule has 0 aliphatic carbocycles. The van der Waals surface area contributed by atoms with E-state index < -0.39 is 0 Å². The van der Waals surface area contributed by atoms with E-state index in [2.05, 4.69) is 13.8 Å². The average Bonchev–Trinajstić information content (AvgIpc) is 2.37. The summed E-state index contributed by atoms with van der Waals surface area (Å²) >= 11 is 6.06. The van der Waals surface area contributed by atoms with Gasteiger partial charge in [-0.25, -0.2) is 0 Å². The molecule has 1 aromatic carbocycles. The summed E-state index contributed by atoms with van der Waals surface area (Å²) < 4.78 is 11.4. The highest BCUT2D eigenvalue weighted by Gasteiger charge is 2.15. The first kappa shape index (κ1) is 15.1. The number of methoxy groups -OCH3 is 1. The minimum atomic E-state index is 0.191. The van der Waals surface area contributed by atoms with Gasteiger partial charge in [-0.3, -0.25) is 0 Å². The van der Waals surface area contributed by atoms with Crippen LogP contribution in [0.5, 0.6) is 11.5 Å². The number of benzene rings is 1. The van der Waals surface area contributed by atoms with Crippen LogP contribution >= 0.6 is 11.6 Å². The number of hydrogen-bond donors (Lipinski definition) is 1. The van der Waals surface area contributed by atoms with Gasteiger partial charge in [-0.05, 0) is 31.9 Å². The topological polar surface area (TPSA) is 44.5 Å². The Morgan fingerprint density at radius 2 is 1.94 bits per heavy atom. The Bertz CT molecular complexity index is 378. The SMILES string of the molecule is CCC(CC)Oc1c(CCN)cc(Cl)cc1OC. The number of nitrogens with two attached hydrogens (primary N) is 1. The highest BCUT2D eigenvalue weighted by molar-refractivity contribution is 6.30. The van der Waals surface area contributed by atoms with Crippen molar-refractivity contribution in [2.45, 2.75) is 39.2 Å². The predicted octanol–water partition coefficient (Wildman–Crippen LogP) is 3.42. The van der Waals surface area contributed by atoms with E-state index in [0.29, 0.717) is 17.3 Å². The van der Waals surface area contributed by atoms with Gasteiger partial charge in [0.05, 0.1) is 13.2 Å². The van der Waals surface area contributed by atoms with Crippen molar-refractivity contribution in [1.29, 1.82) is 0 Å². The largest absolute Gasteiger partial charge is 0.493 e. The molecule has 3 nitrogen and oxygen atoms in total. The van der Waals surface area contributed by atoms with Crippen molar-refractivity contribution < 1.29 is 9.47 Å². The average molecular weight is 272 g/mol. The van der Waals surface area contributed by atoms with Crippen LogP contribution in [0.4, 0.5) is 0 Å². The van der Waals surface area contributed by atoms with Gasteiger partial charge in [0.1, 0.15) is 0 Å². The minimum absolute atomic E-state index is 0.191. The fourth-order valence-electron chi connectivity index (χ4n) is 1.87. The van der Waals surface area contributed by atoms with Crippen molar-refractivity contribution in [3.8, 4) is 11.5 Å². The van der Waals surface area contributed by atoms with E-state index >= 15 is 0 Å². The summed E-state index contributed by atoms with van der Waals surface area (Å²) in [4.78, 5) is 0. The second-order valence-electron chi connectivity index (χ2n) is 4.19. The monoisotopic (exact) mass is 271 g/mol. The molecule has 0 spiro atoms. The fourth-order valence-corrected chi connectivity index (χ4v) is 2.10. The molecule has 0 aromatic heterocycles. The number of halogens is 1. The second kappa shape index (κ2) is 7.49. The van der Waals surface area contributed by atoms with Gasteiger partial charge in [0.2, 0.25) is 0 Å². The Morgan fingerprint density at radius 1 is 1.28 bits per heavy atom. The van der Waals surface area contributed by atoms with Crippen LogP contribution in [0.2, 0.25) is 5.02 Å². The maximum atomic E-state index is 6.06. The first-order valence-electron chi connectivity index (χ1n) is 6.39. The predicted molar refractivity (Wildman–Crippen MR) is 75.8 cm³/mol. The molecule has 1 aromatic rings. The molecule has 0 bridgehead atoms. The molecule has 102 valence electrons. The van der Waals surface area contributed by atoms with Gasteiger partial charge < -0.3 is 15.2 Å². The molecule has 0 aliphatic heterocycles. The lowest BCUT2D eigenvalue weighted by atomic mass is 10.1. The molecule has 0 amide bonds. The minimum Gasteiger partial charge on any atom is -0.493 e. The maximum Gasteiger partial charge on any atom is 0.164 e. The van der Waals surface area contributed by atoms with Crippen LogP contribution in [0, 0.1) is 0 Å². The molecule has 2 N–H and O–H groups in total. The third-order valence-corrected chi connectivity index (χ3v) is 3.14. The summed E-state index contributed by atoms with van der Waals surface area (Å²) in [6, 6.07) is 3.67. The third kappa shape index (κ3) is 3.79. The Labute approximate surface area is 114 Å².